The van der Waals surface area contributed by atoms with Crippen LogP contribution in [0.5, 0.6) is 0 Å². The minimum absolute atomic E-state index is 1.25. The zero-order valence-corrected chi connectivity index (χ0v) is 17.3. The molecule has 2 heteroatoms. The normalized spacial score (nSPS) is 11.0. The number of benzene rings is 1. The molecule has 20 heavy (non-hydrogen) atoms. The minimum Gasteiger partial charge on any atom is -0.0654 e. The van der Waals surface area contributed by atoms with Gasteiger partial charge in [-0.3, -0.25) is 0 Å². The van der Waals surface area contributed by atoms with Crippen LogP contribution in [0, 0.1) is 7.14 Å². The van der Waals surface area contributed by atoms with E-state index in [4.69, 9.17) is 0 Å². The Bertz CT molecular complexity index is 362. The fourth-order valence-electron chi connectivity index (χ4n) is 2.52. The van der Waals surface area contributed by atoms with E-state index in [1.165, 1.54) is 76.9 Å². The van der Waals surface area contributed by atoms with Crippen molar-refractivity contribution in [2.24, 2.45) is 0 Å². The van der Waals surface area contributed by atoms with Crippen molar-refractivity contribution in [2.45, 2.75) is 78.1 Å². The summed E-state index contributed by atoms with van der Waals surface area (Å²) >= 11 is 5.07. The maximum absolute atomic E-state index is 2.54. The molecule has 0 unspecified atom stereocenters. The van der Waals surface area contributed by atoms with Gasteiger partial charge in [0.15, 0.2) is 0 Å². The molecule has 1 aromatic rings. The van der Waals surface area contributed by atoms with Crippen LogP contribution in [0.25, 0.3) is 0 Å². The van der Waals surface area contributed by atoms with Crippen molar-refractivity contribution in [3.8, 4) is 0 Å². The maximum Gasteiger partial charge on any atom is 0.0175 e. The molecule has 0 fully saturated rings. The predicted octanol–water partition coefficient (Wildman–Crippen LogP) is 7.14. The highest BCUT2D eigenvalue weighted by Crippen LogP contribution is 2.24. The van der Waals surface area contributed by atoms with E-state index in [1.807, 2.05) is 0 Å². The van der Waals surface area contributed by atoms with Crippen molar-refractivity contribution < 1.29 is 0 Å². The lowest BCUT2D eigenvalue weighted by molar-refractivity contribution is 0.661. The molecule has 0 bridgehead atoms. The van der Waals surface area contributed by atoms with Gasteiger partial charge >= 0.3 is 0 Å². The second-order valence-electron chi connectivity index (χ2n) is 5.66. The van der Waals surface area contributed by atoms with Gasteiger partial charge in [-0.25, -0.2) is 0 Å². The lowest BCUT2D eigenvalue weighted by Gasteiger charge is -2.11. The number of aryl methyl sites for hydroxylation is 1. The topological polar surface area (TPSA) is 0 Å². The molecule has 0 spiro atoms. The molecular weight excluding hydrogens is 470 g/mol. The highest BCUT2D eigenvalue weighted by molar-refractivity contribution is 14.1. The van der Waals surface area contributed by atoms with Crippen LogP contribution in [-0.4, -0.2) is 0 Å². The van der Waals surface area contributed by atoms with Gasteiger partial charge in [-0.1, -0.05) is 52.4 Å². The summed E-state index contributed by atoms with van der Waals surface area (Å²) in [5.41, 5.74) is 3.12. The van der Waals surface area contributed by atoms with Gasteiger partial charge in [0.05, 0.1) is 0 Å². The first-order valence-electron chi connectivity index (χ1n) is 8.15. The zero-order valence-electron chi connectivity index (χ0n) is 13.0. The minimum atomic E-state index is 1.25. The molecule has 0 saturated heterocycles. The van der Waals surface area contributed by atoms with Crippen LogP contribution in [-0.2, 0) is 12.8 Å². The summed E-state index contributed by atoms with van der Waals surface area (Å²) in [6.07, 6.45) is 13.4. The Hall–Kier alpha value is 0.680. The number of halogens is 2. The molecule has 0 atom stereocenters. The Morgan fingerprint density at radius 2 is 1.20 bits per heavy atom. The lowest BCUT2D eigenvalue weighted by Crippen LogP contribution is -1.98. The molecule has 0 heterocycles. The van der Waals surface area contributed by atoms with Crippen molar-refractivity contribution >= 4 is 45.2 Å². The molecular formula is C18H28I2. The number of unbranched alkanes of at least 4 members (excludes halogenated alkanes) is 6. The van der Waals surface area contributed by atoms with Gasteiger partial charge in [0, 0.05) is 7.14 Å². The first-order chi connectivity index (χ1) is 9.69. The molecule has 114 valence electrons. The van der Waals surface area contributed by atoms with Crippen molar-refractivity contribution in [3.05, 3.63) is 30.4 Å². The molecule has 1 rings (SSSR count). The largest absolute Gasteiger partial charge is 0.0654 e. The Labute approximate surface area is 152 Å². The van der Waals surface area contributed by atoms with E-state index in [0.29, 0.717) is 0 Å². The van der Waals surface area contributed by atoms with Crippen LogP contribution in [0.4, 0.5) is 0 Å². The molecule has 0 nitrogen and oxygen atoms in total. The van der Waals surface area contributed by atoms with Crippen LogP contribution in [0.2, 0.25) is 0 Å². The average molecular weight is 498 g/mol. The van der Waals surface area contributed by atoms with Crippen molar-refractivity contribution in [1.82, 2.24) is 0 Å². The van der Waals surface area contributed by atoms with E-state index in [-0.39, 0.29) is 0 Å². The van der Waals surface area contributed by atoms with Gasteiger partial charge in [-0.15, -0.1) is 0 Å². The van der Waals surface area contributed by atoms with Gasteiger partial charge < -0.3 is 0 Å². The number of hydrogen-bond donors (Lipinski definition) is 0. The summed E-state index contributed by atoms with van der Waals surface area (Å²) in [6.45, 7) is 4.56. The molecule has 0 saturated carbocycles. The molecule has 0 N–H and O–H groups in total. The van der Waals surface area contributed by atoms with Crippen molar-refractivity contribution in [2.75, 3.05) is 0 Å². The van der Waals surface area contributed by atoms with Gasteiger partial charge in [0.2, 0.25) is 0 Å². The number of rotatable bonds is 10. The maximum atomic E-state index is 2.54. The zero-order chi connectivity index (χ0) is 14.8. The Morgan fingerprint density at radius 1 is 0.700 bits per heavy atom. The highest BCUT2D eigenvalue weighted by Gasteiger charge is 2.07. The van der Waals surface area contributed by atoms with Crippen molar-refractivity contribution in [3.63, 3.8) is 0 Å². The van der Waals surface area contributed by atoms with E-state index in [0.717, 1.165) is 0 Å². The number of hydrogen-bond acceptors (Lipinski definition) is 0. The fraction of sp³-hybridized carbons (Fsp3) is 0.667. The van der Waals surface area contributed by atoms with Crippen LogP contribution in [0.15, 0.2) is 12.1 Å². The first-order valence-corrected chi connectivity index (χ1v) is 10.3. The van der Waals surface area contributed by atoms with Crippen LogP contribution in [0.1, 0.15) is 76.3 Å². The summed E-state index contributed by atoms with van der Waals surface area (Å²) in [7, 11) is 0. The smallest absolute Gasteiger partial charge is 0.0175 e. The van der Waals surface area contributed by atoms with Crippen molar-refractivity contribution in [1.29, 1.82) is 0 Å². The van der Waals surface area contributed by atoms with E-state index in [9.17, 15) is 0 Å². The van der Waals surface area contributed by atoms with Crippen LogP contribution >= 0.6 is 45.2 Å². The van der Waals surface area contributed by atoms with Crippen LogP contribution < -0.4 is 0 Å². The summed E-state index contributed by atoms with van der Waals surface area (Å²) in [6, 6.07) is 4.84. The lowest BCUT2D eigenvalue weighted by atomic mass is 10.0. The molecule has 0 amide bonds. The second-order valence-corrected chi connectivity index (χ2v) is 7.98. The van der Waals surface area contributed by atoms with Gasteiger partial charge in [0.1, 0.15) is 0 Å². The van der Waals surface area contributed by atoms with Gasteiger partial charge in [-0.2, -0.15) is 0 Å². The van der Waals surface area contributed by atoms with E-state index >= 15 is 0 Å². The summed E-state index contributed by atoms with van der Waals surface area (Å²) < 4.78 is 2.97. The quantitative estimate of drug-likeness (QED) is 0.238. The SMILES string of the molecule is CCCCCCc1cc(I)c(CCCCCC)c(I)c1. The monoisotopic (exact) mass is 498 g/mol. The fourth-order valence-corrected chi connectivity index (χ4v) is 4.96. The molecule has 0 aromatic heterocycles. The molecule has 0 aliphatic heterocycles. The molecule has 1 aromatic carbocycles. The van der Waals surface area contributed by atoms with Crippen LogP contribution in [0.3, 0.4) is 0 Å². The molecule has 0 aliphatic rings. The average Bonchev–Trinajstić information content (AvgIpc) is 2.42. The predicted molar refractivity (Wildman–Crippen MR) is 108 cm³/mol. The third-order valence-electron chi connectivity index (χ3n) is 3.80. The summed E-state index contributed by atoms with van der Waals surface area (Å²) in [5, 5.41) is 0. The van der Waals surface area contributed by atoms with Gasteiger partial charge in [0.25, 0.3) is 0 Å². The summed E-state index contributed by atoms with van der Waals surface area (Å²) in [4.78, 5) is 0. The van der Waals surface area contributed by atoms with Gasteiger partial charge in [-0.05, 0) is 94.1 Å². The summed E-state index contributed by atoms with van der Waals surface area (Å²) in [5.74, 6) is 0. The second kappa shape index (κ2) is 11.3. The Morgan fingerprint density at radius 3 is 1.70 bits per heavy atom. The third kappa shape index (κ3) is 7.10. The van der Waals surface area contributed by atoms with E-state index in [2.05, 4.69) is 71.2 Å². The Kier molecular flexibility index (Phi) is 10.6. The van der Waals surface area contributed by atoms with E-state index in [1.54, 1.807) is 5.56 Å². The Balaban J connectivity index is 2.52. The van der Waals surface area contributed by atoms with E-state index < -0.39 is 0 Å². The first kappa shape index (κ1) is 18.7. The highest BCUT2D eigenvalue weighted by atomic mass is 127. The molecule has 0 aliphatic carbocycles. The third-order valence-corrected chi connectivity index (χ3v) is 5.73. The molecule has 0 radical (unpaired) electrons. The standard InChI is InChI=1S/C18H28I2/c1-3-5-7-9-11-15-13-17(19)16(18(20)14-15)12-10-8-6-4-2/h13-14H,3-12H2,1-2H3.